The van der Waals surface area contributed by atoms with E-state index in [0.29, 0.717) is 0 Å². The lowest BCUT2D eigenvalue weighted by atomic mass is 10.2. The number of halogens is 1. The minimum atomic E-state index is -0.571. The molecule has 9 heteroatoms. The monoisotopic (exact) mass is 308 g/mol. The lowest BCUT2D eigenvalue weighted by Crippen LogP contribution is -2.14. The summed E-state index contributed by atoms with van der Waals surface area (Å²) in [6.07, 6.45) is 1.45. The normalized spacial score (nSPS) is 11.2. The van der Waals surface area contributed by atoms with Crippen LogP contribution in [0.1, 0.15) is 5.56 Å². The van der Waals surface area contributed by atoms with Gasteiger partial charge in [-0.25, -0.2) is 4.98 Å². The third-order valence-electron chi connectivity index (χ3n) is 2.49. The third-order valence-corrected chi connectivity index (χ3v) is 2.78. The quantitative estimate of drug-likeness (QED) is 0.294. The first-order valence-electron chi connectivity index (χ1n) is 5.57. The van der Waals surface area contributed by atoms with Gasteiger partial charge in [0.25, 0.3) is 5.69 Å². The highest BCUT2D eigenvalue weighted by molar-refractivity contribution is 6.32. The molecule has 0 atom stereocenters. The van der Waals surface area contributed by atoms with Crippen LogP contribution in [0.5, 0.6) is 11.6 Å². The minimum absolute atomic E-state index is 0.0420. The van der Waals surface area contributed by atoms with Gasteiger partial charge in [0.2, 0.25) is 5.88 Å². The summed E-state index contributed by atoms with van der Waals surface area (Å²) in [5, 5.41) is 22.3. The number of nitro groups is 1. The van der Waals surface area contributed by atoms with Crippen LogP contribution in [-0.4, -0.2) is 21.0 Å². The van der Waals surface area contributed by atoms with Gasteiger partial charge in [-0.05, 0) is 18.2 Å². The van der Waals surface area contributed by atoms with E-state index < -0.39 is 4.92 Å². The van der Waals surface area contributed by atoms with Crippen molar-refractivity contribution in [1.29, 1.82) is 0 Å². The Hall–Kier alpha value is -2.87. The topological polar surface area (TPSA) is 124 Å². The molecule has 0 saturated carbocycles. The number of rotatable bonds is 4. The molecule has 2 aromatic rings. The van der Waals surface area contributed by atoms with Crippen molar-refractivity contribution in [2.45, 2.75) is 0 Å². The highest BCUT2D eigenvalue weighted by Crippen LogP contribution is 2.32. The summed E-state index contributed by atoms with van der Waals surface area (Å²) in [6, 6.07) is 6.86. The van der Waals surface area contributed by atoms with Crippen molar-refractivity contribution in [3.63, 3.8) is 0 Å². The molecule has 1 heterocycles. The summed E-state index contributed by atoms with van der Waals surface area (Å²) in [5.74, 6) is 0.0349. The second kappa shape index (κ2) is 6.06. The molecule has 1 aromatic carbocycles. The Morgan fingerprint density at radius 2 is 2.24 bits per heavy atom. The van der Waals surface area contributed by atoms with Gasteiger partial charge in [0.15, 0.2) is 5.84 Å². The van der Waals surface area contributed by atoms with E-state index >= 15 is 0 Å². The Morgan fingerprint density at radius 3 is 2.86 bits per heavy atom. The summed E-state index contributed by atoms with van der Waals surface area (Å²) in [4.78, 5) is 14.0. The van der Waals surface area contributed by atoms with Gasteiger partial charge in [0.1, 0.15) is 5.75 Å². The number of aromatic nitrogens is 1. The standard InChI is InChI=1S/C12H9ClN4O4/c13-9-6-7(17(19)20)3-4-10(9)21-12-8(11(14)16-18)2-1-5-15-12/h1-6,18H,(H2,14,16). The first-order valence-corrected chi connectivity index (χ1v) is 5.95. The number of oxime groups is 1. The molecule has 1 aromatic heterocycles. The molecule has 0 unspecified atom stereocenters. The molecule has 0 radical (unpaired) electrons. The van der Waals surface area contributed by atoms with Crippen LogP contribution in [0, 0.1) is 10.1 Å². The summed E-state index contributed by atoms with van der Waals surface area (Å²) in [5.41, 5.74) is 5.61. The van der Waals surface area contributed by atoms with Crippen molar-refractivity contribution in [2.24, 2.45) is 10.9 Å². The van der Waals surface area contributed by atoms with Gasteiger partial charge in [0, 0.05) is 18.3 Å². The molecule has 21 heavy (non-hydrogen) atoms. The summed E-state index contributed by atoms with van der Waals surface area (Å²) < 4.78 is 5.46. The number of ether oxygens (including phenoxy) is 1. The van der Waals surface area contributed by atoms with E-state index in [1.54, 1.807) is 6.07 Å². The predicted octanol–water partition coefficient (Wildman–Crippen LogP) is 2.53. The van der Waals surface area contributed by atoms with Crippen molar-refractivity contribution in [2.75, 3.05) is 0 Å². The van der Waals surface area contributed by atoms with Crippen LogP contribution in [0.2, 0.25) is 5.02 Å². The SMILES string of the molecule is N/C(=N\O)c1cccnc1Oc1ccc([N+](=O)[O-])cc1Cl. The number of benzene rings is 1. The molecule has 8 nitrogen and oxygen atoms in total. The zero-order valence-electron chi connectivity index (χ0n) is 10.4. The summed E-state index contributed by atoms with van der Waals surface area (Å²) in [6.45, 7) is 0. The van der Waals surface area contributed by atoms with Crippen LogP contribution in [0.4, 0.5) is 5.69 Å². The zero-order valence-corrected chi connectivity index (χ0v) is 11.2. The average Bonchev–Trinajstić information content (AvgIpc) is 2.49. The first-order chi connectivity index (χ1) is 10.0. The van der Waals surface area contributed by atoms with E-state index in [4.69, 9.17) is 27.3 Å². The highest BCUT2D eigenvalue weighted by atomic mass is 35.5. The van der Waals surface area contributed by atoms with E-state index in [2.05, 4.69) is 10.1 Å². The van der Waals surface area contributed by atoms with Crippen LogP contribution >= 0.6 is 11.6 Å². The molecule has 108 valence electrons. The molecule has 0 bridgehead atoms. The number of hydrogen-bond acceptors (Lipinski definition) is 6. The average molecular weight is 309 g/mol. The number of hydrogen-bond donors (Lipinski definition) is 2. The smallest absolute Gasteiger partial charge is 0.271 e. The van der Waals surface area contributed by atoms with Crippen molar-refractivity contribution in [3.8, 4) is 11.6 Å². The van der Waals surface area contributed by atoms with Crippen molar-refractivity contribution in [1.82, 2.24) is 4.98 Å². The highest BCUT2D eigenvalue weighted by Gasteiger charge is 2.14. The van der Waals surface area contributed by atoms with Gasteiger partial charge in [-0.3, -0.25) is 10.1 Å². The van der Waals surface area contributed by atoms with Crippen LogP contribution in [0.15, 0.2) is 41.7 Å². The largest absolute Gasteiger partial charge is 0.437 e. The Balaban J connectivity index is 2.37. The molecule has 0 aliphatic heterocycles. The van der Waals surface area contributed by atoms with Crippen LogP contribution in [0.25, 0.3) is 0 Å². The number of pyridine rings is 1. The number of nitrogens with two attached hydrogens (primary N) is 1. The second-order valence-electron chi connectivity index (χ2n) is 3.82. The van der Waals surface area contributed by atoms with Crippen LogP contribution in [0.3, 0.4) is 0 Å². The Kier molecular flexibility index (Phi) is 4.19. The predicted molar refractivity (Wildman–Crippen MR) is 74.9 cm³/mol. The van der Waals surface area contributed by atoms with Gasteiger partial charge < -0.3 is 15.7 Å². The maximum Gasteiger partial charge on any atom is 0.271 e. The fraction of sp³-hybridized carbons (Fsp3) is 0. The number of non-ortho nitro benzene ring substituents is 1. The van der Waals surface area contributed by atoms with Crippen molar-refractivity contribution in [3.05, 3.63) is 57.2 Å². The van der Waals surface area contributed by atoms with E-state index in [1.807, 2.05) is 0 Å². The zero-order chi connectivity index (χ0) is 15.4. The molecule has 0 aliphatic rings. The van der Waals surface area contributed by atoms with Crippen LogP contribution in [-0.2, 0) is 0 Å². The minimum Gasteiger partial charge on any atom is -0.437 e. The molecule has 0 spiro atoms. The maximum atomic E-state index is 10.6. The van der Waals surface area contributed by atoms with Crippen molar-refractivity contribution < 1.29 is 14.9 Å². The molecular formula is C12H9ClN4O4. The Labute approximate surface area is 123 Å². The number of nitro benzene ring substituents is 1. The van der Waals surface area contributed by atoms with E-state index in [9.17, 15) is 10.1 Å². The second-order valence-corrected chi connectivity index (χ2v) is 4.22. The Morgan fingerprint density at radius 1 is 1.48 bits per heavy atom. The fourth-order valence-electron chi connectivity index (χ4n) is 1.51. The van der Waals surface area contributed by atoms with Gasteiger partial charge in [-0.15, -0.1) is 0 Å². The molecule has 3 N–H and O–H groups in total. The van der Waals surface area contributed by atoms with Gasteiger partial charge in [-0.1, -0.05) is 16.8 Å². The lowest BCUT2D eigenvalue weighted by Gasteiger charge is -2.09. The molecule has 0 amide bonds. The number of nitrogens with zero attached hydrogens (tertiary/aromatic N) is 3. The molecule has 0 saturated heterocycles. The maximum absolute atomic E-state index is 10.6. The molecule has 2 rings (SSSR count). The lowest BCUT2D eigenvalue weighted by molar-refractivity contribution is -0.384. The van der Waals surface area contributed by atoms with E-state index in [1.165, 1.54) is 24.4 Å². The third kappa shape index (κ3) is 3.18. The van der Waals surface area contributed by atoms with E-state index in [-0.39, 0.29) is 33.7 Å². The van der Waals surface area contributed by atoms with Gasteiger partial charge in [-0.2, -0.15) is 0 Å². The molecule has 0 aliphatic carbocycles. The Bertz CT molecular complexity index is 720. The van der Waals surface area contributed by atoms with Crippen molar-refractivity contribution >= 4 is 23.1 Å². The summed E-state index contributed by atoms with van der Waals surface area (Å²) in [7, 11) is 0. The fourth-order valence-corrected chi connectivity index (χ4v) is 1.72. The van der Waals surface area contributed by atoms with Gasteiger partial charge >= 0.3 is 0 Å². The number of amidine groups is 1. The molecule has 0 fully saturated rings. The first kappa shape index (κ1) is 14.5. The molecular weight excluding hydrogens is 300 g/mol. The van der Waals surface area contributed by atoms with Crippen LogP contribution < -0.4 is 10.5 Å². The summed E-state index contributed by atoms with van der Waals surface area (Å²) >= 11 is 5.92. The van der Waals surface area contributed by atoms with E-state index in [0.717, 1.165) is 6.07 Å². The van der Waals surface area contributed by atoms with Gasteiger partial charge in [0.05, 0.1) is 15.5 Å².